The van der Waals surface area contributed by atoms with Gasteiger partial charge in [0.1, 0.15) is 6.04 Å². The summed E-state index contributed by atoms with van der Waals surface area (Å²) in [4.78, 5) is 43.2. The lowest BCUT2D eigenvalue weighted by Crippen LogP contribution is -2.59. The summed E-state index contributed by atoms with van der Waals surface area (Å²) in [6.07, 6.45) is 4.76. The lowest BCUT2D eigenvalue weighted by Gasteiger charge is -2.39. The van der Waals surface area contributed by atoms with Gasteiger partial charge in [0.25, 0.3) is 0 Å². The highest BCUT2D eigenvalue weighted by atomic mass is 16.5. The van der Waals surface area contributed by atoms with Crippen molar-refractivity contribution in [1.82, 2.24) is 15.1 Å². The molecule has 0 saturated carbocycles. The number of hydrogen-bond acceptors (Lipinski definition) is 5. The summed E-state index contributed by atoms with van der Waals surface area (Å²) < 4.78 is 5.12. The maximum Gasteiger partial charge on any atom is 0.333 e. The lowest BCUT2D eigenvalue weighted by atomic mass is 9.95. The molecule has 1 N–H and O–H groups in total. The van der Waals surface area contributed by atoms with Crippen molar-refractivity contribution in [2.24, 2.45) is 11.8 Å². The second kappa shape index (κ2) is 13.7. The van der Waals surface area contributed by atoms with Gasteiger partial charge in [-0.05, 0) is 65.8 Å². The average molecular weight is 466 g/mol. The molecule has 3 atom stereocenters. The van der Waals surface area contributed by atoms with Crippen LogP contribution >= 0.6 is 0 Å². The first-order chi connectivity index (χ1) is 15.5. The van der Waals surface area contributed by atoms with Crippen molar-refractivity contribution in [3.8, 4) is 0 Å². The Labute approximate surface area is 201 Å². The Morgan fingerprint density at radius 3 is 2.18 bits per heavy atom. The van der Waals surface area contributed by atoms with Crippen molar-refractivity contribution >= 4 is 17.8 Å². The maximum absolute atomic E-state index is 13.7. The van der Waals surface area contributed by atoms with Gasteiger partial charge in [0, 0.05) is 18.2 Å². The number of amides is 2. The largest absolute Gasteiger partial charge is 0.463 e. The van der Waals surface area contributed by atoms with E-state index in [0.717, 1.165) is 25.8 Å². The van der Waals surface area contributed by atoms with Crippen LogP contribution in [-0.2, 0) is 19.1 Å². The van der Waals surface area contributed by atoms with Crippen molar-refractivity contribution in [3.63, 3.8) is 0 Å². The number of carbonyl (C=O) groups is 3. The molecule has 7 nitrogen and oxygen atoms in total. The van der Waals surface area contributed by atoms with Gasteiger partial charge in [-0.1, -0.05) is 40.2 Å². The molecular weight excluding hydrogens is 418 g/mol. The summed E-state index contributed by atoms with van der Waals surface area (Å²) in [5.41, 5.74) is 0.488. The molecule has 1 saturated heterocycles. The van der Waals surface area contributed by atoms with Gasteiger partial charge in [0.2, 0.25) is 11.8 Å². The predicted octanol–water partition coefficient (Wildman–Crippen LogP) is 3.77. The van der Waals surface area contributed by atoms with Gasteiger partial charge in [-0.2, -0.15) is 0 Å². The first-order valence-electron chi connectivity index (χ1n) is 12.7. The number of ether oxygens (including phenoxy) is 1. The summed E-state index contributed by atoms with van der Waals surface area (Å²) in [5, 5.41) is 3.09. The minimum Gasteiger partial charge on any atom is -0.463 e. The van der Waals surface area contributed by atoms with Crippen LogP contribution in [0.4, 0.5) is 0 Å². The molecule has 0 aromatic carbocycles. The number of nitrogens with zero attached hydrogens (tertiary/aromatic N) is 2. The van der Waals surface area contributed by atoms with Crippen molar-refractivity contribution in [2.45, 2.75) is 106 Å². The Balaban J connectivity index is 3.14. The van der Waals surface area contributed by atoms with E-state index in [1.165, 1.54) is 0 Å². The Bertz CT molecular complexity index is 687. The monoisotopic (exact) mass is 465 g/mol. The highest BCUT2D eigenvalue weighted by Crippen LogP contribution is 2.22. The minimum atomic E-state index is -0.620. The van der Waals surface area contributed by atoms with Crippen LogP contribution in [0.2, 0.25) is 0 Å². The standard InChI is InChI=1S/C26H47N3O4/c1-10-28(22(17(3)4)16-20(9)26(32)33-11-2)25(31)23(18(5)6)27-24(30)21-14-12-13-15-29(21)19(7)8/h16-19,21-23H,10-15H2,1-9H3,(H,27,30)/b20-16+/t21?,22?,23-/m0/s1. The van der Waals surface area contributed by atoms with Crippen LogP contribution in [0.1, 0.15) is 81.6 Å². The van der Waals surface area contributed by atoms with Gasteiger partial charge < -0.3 is 15.0 Å². The van der Waals surface area contributed by atoms with Gasteiger partial charge in [0.05, 0.1) is 18.7 Å². The molecule has 190 valence electrons. The predicted molar refractivity (Wildman–Crippen MR) is 133 cm³/mol. The molecule has 1 fully saturated rings. The van der Waals surface area contributed by atoms with Gasteiger partial charge >= 0.3 is 5.97 Å². The molecule has 0 radical (unpaired) electrons. The Morgan fingerprint density at radius 2 is 1.70 bits per heavy atom. The number of esters is 1. The van der Waals surface area contributed by atoms with Gasteiger partial charge in [-0.25, -0.2) is 4.79 Å². The van der Waals surface area contributed by atoms with Crippen LogP contribution in [-0.4, -0.2) is 71.4 Å². The zero-order valence-electron chi connectivity index (χ0n) is 22.3. The third-order valence-corrected chi connectivity index (χ3v) is 6.43. The molecule has 1 rings (SSSR count). The van der Waals surface area contributed by atoms with E-state index in [4.69, 9.17) is 4.74 Å². The van der Waals surface area contributed by atoms with Crippen molar-refractivity contribution < 1.29 is 19.1 Å². The quantitative estimate of drug-likeness (QED) is 0.371. The number of rotatable bonds is 11. The van der Waals surface area contributed by atoms with Crippen LogP contribution in [0.15, 0.2) is 11.6 Å². The Kier molecular flexibility index (Phi) is 12.1. The fourth-order valence-corrected chi connectivity index (χ4v) is 4.52. The summed E-state index contributed by atoms with van der Waals surface area (Å²) in [7, 11) is 0. The van der Waals surface area contributed by atoms with E-state index in [2.05, 4.69) is 24.1 Å². The highest BCUT2D eigenvalue weighted by molar-refractivity contribution is 5.91. The van der Waals surface area contributed by atoms with Gasteiger partial charge in [-0.15, -0.1) is 0 Å². The second-order valence-electron chi connectivity index (χ2n) is 10.0. The number of piperidine rings is 1. The SMILES string of the molecule is CCOC(=O)/C(C)=C/C(C(C)C)N(CC)C(=O)[C@@H](NC(=O)C1CCCCN1C(C)C)C(C)C. The molecule has 1 heterocycles. The maximum atomic E-state index is 13.7. The fraction of sp³-hybridized carbons (Fsp3) is 0.808. The zero-order valence-corrected chi connectivity index (χ0v) is 22.3. The number of hydrogen-bond donors (Lipinski definition) is 1. The third-order valence-electron chi connectivity index (χ3n) is 6.43. The molecule has 0 bridgehead atoms. The molecule has 2 unspecified atom stereocenters. The summed E-state index contributed by atoms with van der Waals surface area (Å²) in [6.45, 7) is 19.3. The van der Waals surface area contributed by atoms with Crippen LogP contribution in [0.25, 0.3) is 0 Å². The van der Waals surface area contributed by atoms with E-state index in [1.807, 2.05) is 40.7 Å². The van der Waals surface area contributed by atoms with Crippen LogP contribution in [0.5, 0.6) is 0 Å². The molecule has 0 spiro atoms. The molecule has 2 amide bonds. The highest BCUT2D eigenvalue weighted by Gasteiger charge is 2.36. The second-order valence-corrected chi connectivity index (χ2v) is 10.0. The van der Waals surface area contributed by atoms with E-state index < -0.39 is 6.04 Å². The van der Waals surface area contributed by atoms with E-state index in [9.17, 15) is 14.4 Å². The molecule has 0 aliphatic carbocycles. The summed E-state index contributed by atoms with van der Waals surface area (Å²) in [6, 6.07) is -0.810. The third kappa shape index (κ3) is 8.13. The van der Waals surface area contributed by atoms with Crippen molar-refractivity contribution in [2.75, 3.05) is 19.7 Å². The average Bonchev–Trinajstić information content (AvgIpc) is 2.76. The molecule has 1 aliphatic rings. The molecule has 0 aromatic heterocycles. The summed E-state index contributed by atoms with van der Waals surface area (Å²) in [5.74, 6) is -0.511. The van der Waals surface area contributed by atoms with E-state index >= 15 is 0 Å². The lowest BCUT2D eigenvalue weighted by molar-refractivity contribution is -0.141. The first-order valence-corrected chi connectivity index (χ1v) is 12.7. The number of nitrogens with one attached hydrogen (secondary N) is 1. The molecule has 7 heteroatoms. The molecule has 1 aliphatic heterocycles. The summed E-state index contributed by atoms with van der Waals surface area (Å²) >= 11 is 0. The van der Waals surface area contributed by atoms with Crippen molar-refractivity contribution in [3.05, 3.63) is 11.6 Å². The Hall–Kier alpha value is -1.89. The zero-order chi connectivity index (χ0) is 25.3. The van der Waals surface area contributed by atoms with Gasteiger partial charge in [0.15, 0.2) is 0 Å². The number of carbonyl (C=O) groups excluding carboxylic acids is 3. The Morgan fingerprint density at radius 1 is 1.06 bits per heavy atom. The topological polar surface area (TPSA) is 79.0 Å². The molecule has 0 aromatic rings. The van der Waals surface area contributed by atoms with Crippen LogP contribution in [0, 0.1) is 11.8 Å². The van der Waals surface area contributed by atoms with Gasteiger partial charge in [-0.3, -0.25) is 14.5 Å². The fourth-order valence-electron chi connectivity index (χ4n) is 4.52. The van der Waals surface area contributed by atoms with E-state index in [-0.39, 0.29) is 47.7 Å². The van der Waals surface area contributed by atoms with Crippen LogP contribution < -0.4 is 5.32 Å². The van der Waals surface area contributed by atoms with E-state index in [0.29, 0.717) is 18.7 Å². The number of likely N-dealkylation sites (tertiary alicyclic amines) is 1. The van der Waals surface area contributed by atoms with Crippen LogP contribution in [0.3, 0.4) is 0 Å². The number of likely N-dealkylation sites (N-methyl/N-ethyl adjacent to an activating group) is 1. The van der Waals surface area contributed by atoms with E-state index in [1.54, 1.807) is 18.7 Å². The first kappa shape index (κ1) is 29.1. The molecule has 33 heavy (non-hydrogen) atoms. The minimum absolute atomic E-state index is 0.0606. The normalized spacial score (nSPS) is 19.5. The molecular formula is C26H47N3O4. The van der Waals surface area contributed by atoms with Crippen molar-refractivity contribution in [1.29, 1.82) is 0 Å². The smallest absolute Gasteiger partial charge is 0.333 e.